The van der Waals surface area contributed by atoms with Gasteiger partial charge in [0.1, 0.15) is 16.5 Å². The molecule has 0 aliphatic carbocycles. The summed E-state index contributed by atoms with van der Waals surface area (Å²) in [6, 6.07) is 8.70. The first-order chi connectivity index (χ1) is 19.3. The Bertz CT molecular complexity index is 1560. The van der Waals surface area contributed by atoms with Gasteiger partial charge in [0.05, 0.1) is 49.0 Å². The Hall–Kier alpha value is -4.10. The summed E-state index contributed by atoms with van der Waals surface area (Å²) in [4.78, 5) is 23.1. The average molecular weight is 593 g/mol. The third-order valence-electron chi connectivity index (χ3n) is 6.42. The Morgan fingerprint density at radius 1 is 1.15 bits per heavy atom. The van der Waals surface area contributed by atoms with Crippen molar-refractivity contribution in [2.24, 2.45) is 7.05 Å². The SMILES string of the molecule is COc1cc(OC)c(Cl)c(N(CCCNC(=O)C(C)(O)C(F)(F)F)c2ccc3ncc(-c4cnn(C)c4)nc3c2)c1. The van der Waals surface area contributed by atoms with Crippen LogP contribution in [0.3, 0.4) is 0 Å². The smallest absolute Gasteiger partial charge is 0.426 e. The number of ether oxygens (including phenoxy) is 2. The molecule has 41 heavy (non-hydrogen) atoms. The maximum atomic E-state index is 13.0. The minimum absolute atomic E-state index is 0.154. The maximum absolute atomic E-state index is 13.0. The van der Waals surface area contributed by atoms with Crippen molar-refractivity contribution in [1.82, 2.24) is 25.1 Å². The Morgan fingerprint density at radius 2 is 1.90 bits per heavy atom. The summed E-state index contributed by atoms with van der Waals surface area (Å²) in [6.07, 6.45) is 0.222. The number of hydrogen-bond acceptors (Lipinski definition) is 8. The zero-order valence-corrected chi connectivity index (χ0v) is 23.4. The minimum Gasteiger partial charge on any atom is -0.497 e. The van der Waals surface area contributed by atoms with Gasteiger partial charge >= 0.3 is 6.18 Å². The van der Waals surface area contributed by atoms with Gasteiger partial charge in [-0.1, -0.05) is 11.6 Å². The van der Waals surface area contributed by atoms with Crippen molar-refractivity contribution in [3.8, 4) is 22.8 Å². The molecular weight excluding hydrogens is 565 g/mol. The zero-order valence-electron chi connectivity index (χ0n) is 22.7. The number of carbonyl (C=O) groups excluding carboxylic acids is 1. The summed E-state index contributed by atoms with van der Waals surface area (Å²) in [7, 11) is 4.75. The predicted molar refractivity (Wildman–Crippen MR) is 148 cm³/mol. The largest absolute Gasteiger partial charge is 0.497 e. The van der Waals surface area contributed by atoms with Crippen molar-refractivity contribution in [3.63, 3.8) is 0 Å². The number of aryl methyl sites for hydroxylation is 1. The maximum Gasteiger partial charge on any atom is 0.426 e. The first-order valence-electron chi connectivity index (χ1n) is 12.4. The Morgan fingerprint density at radius 3 is 2.54 bits per heavy atom. The molecule has 2 aromatic heterocycles. The van der Waals surface area contributed by atoms with Crippen LogP contribution in [0, 0.1) is 0 Å². The van der Waals surface area contributed by atoms with Crippen molar-refractivity contribution in [3.05, 3.63) is 53.9 Å². The first-order valence-corrected chi connectivity index (χ1v) is 12.8. The van der Waals surface area contributed by atoms with Crippen LogP contribution in [0.25, 0.3) is 22.3 Å². The molecule has 0 bridgehead atoms. The number of methoxy groups -OCH3 is 2. The summed E-state index contributed by atoms with van der Waals surface area (Å²) in [5, 5.41) is 16.2. The average Bonchev–Trinajstić information content (AvgIpc) is 3.38. The van der Waals surface area contributed by atoms with Crippen molar-refractivity contribution in [2.75, 3.05) is 32.2 Å². The van der Waals surface area contributed by atoms with Crippen LogP contribution in [0.15, 0.2) is 48.9 Å². The highest BCUT2D eigenvalue weighted by Crippen LogP contribution is 2.42. The van der Waals surface area contributed by atoms with E-state index in [2.05, 4.69) is 15.4 Å². The van der Waals surface area contributed by atoms with Gasteiger partial charge in [0.25, 0.3) is 5.91 Å². The van der Waals surface area contributed by atoms with Crippen LogP contribution in [-0.4, -0.2) is 69.8 Å². The molecule has 1 atom stereocenters. The minimum atomic E-state index is -5.12. The van der Waals surface area contributed by atoms with E-state index in [1.165, 1.54) is 14.2 Å². The summed E-state index contributed by atoms with van der Waals surface area (Å²) in [6.45, 7) is 0.456. The van der Waals surface area contributed by atoms with Crippen LogP contribution >= 0.6 is 11.6 Å². The molecule has 1 unspecified atom stereocenters. The van der Waals surface area contributed by atoms with E-state index in [1.807, 2.05) is 6.20 Å². The molecule has 0 saturated carbocycles. The molecule has 0 saturated heterocycles. The molecule has 0 spiro atoms. The third-order valence-corrected chi connectivity index (χ3v) is 6.80. The van der Waals surface area contributed by atoms with E-state index in [0.717, 1.165) is 5.56 Å². The molecule has 10 nitrogen and oxygen atoms in total. The third kappa shape index (κ3) is 6.30. The summed E-state index contributed by atoms with van der Waals surface area (Å²) < 4.78 is 51.6. The van der Waals surface area contributed by atoms with Crippen molar-refractivity contribution in [2.45, 2.75) is 25.1 Å². The van der Waals surface area contributed by atoms with E-state index in [-0.39, 0.29) is 24.5 Å². The normalized spacial score (nSPS) is 13.1. The van der Waals surface area contributed by atoms with Crippen LogP contribution in [0.1, 0.15) is 13.3 Å². The van der Waals surface area contributed by atoms with Crippen LogP contribution in [0.4, 0.5) is 24.5 Å². The summed E-state index contributed by atoms with van der Waals surface area (Å²) in [5.41, 5.74) is 0.240. The Balaban J connectivity index is 1.68. The quantitative estimate of drug-likeness (QED) is 0.256. The van der Waals surface area contributed by atoms with Gasteiger partial charge in [0.2, 0.25) is 5.60 Å². The van der Waals surface area contributed by atoms with E-state index < -0.39 is 17.7 Å². The standard InChI is InChI=1S/C27H28ClF3N6O4/c1-26(39,27(29,30)31)25(38)32-8-5-9-37(22-11-18(40-3)12-23(41-4)24(22)28)17-6-7-19-20(10-17)35-21(14-33-19)16-13-34-36(2)15-16/h6-7,10-15,39H,5,8-9H2,1-4H3,(H,32,38). The molecule has 0 fully saturated rings. The molecule has 0 aliphatic heterocycles. The highest BCUT2D eigenvalue weighted by molar-refractivity contribution is 6.35. The van der Waals surface area contributed by atoms with Crippen molar-refractivity contribution >= 4 is 39.9 Å². The number of nitrogens with one attached hydrogen (secondary N) is 1. The number of benzene rings is 2. The van der Waals surface area contributed by atoms with Gasteiger partial charge in [-0.15, -0.1) is 0 Å². The highest BCUT2D eigenvalue weighted by atomic mass is 35.5. The fraction of sp³-hybridized carbons (Fsp3) is 0.333. The Labute approximate surface area is 238 Å². The van der Waals surface area contributed by atoms with E-state index in [1.54, 1.807) is 59.4 Å². The number of halogens is 4. The number of nitrogens with zero attached hydrogens (tertiary/aromatic N) is 5. The molecule has 2 N–H and O–H groups in total. The molecule has 14 heteroatoms. The molecule has 0 radical (unpaired) electrons. The molecule has 4 aromatic rings. The Kier molecular flexibility index (Phi) is 8.59. The second-order valence-corrected chi connectivity index (χ2v) is 9.70. The lowest BCUT2D eigenvalue weighted by atomic mass is 10.1. The fourth-order valence-corrected chi connectivity index (χ4v) is 4.30. The zero-order chi connectivity index (χ0) is 29.9. The number of aliphatic hydroxyl groups is 1. The number of alkyl halides is 3. The second kappa shape index (κ2) is 11.8. The number of rotatable bonds is 10. The lowest BCUT2D eigenvalue weighted by Crippen LogP contribution is -2.55. The molecule has 0 aliphatic rings. The molecule has 4 rings (SSSR count). The van der Waals surface area contributed by atoms with Crippen molar-refractivity contribution in [1.29, 1.82) is 0 Å². The van der Waals surface area contributed by atoms with Crippen LogP contribution in [0.2, 0.25) is 5.02 Å². The van der Waals surface area contributed by atoms with Crippen molar-refractivity contribution < 1.29 is 32.5 Å². The predicted octanol–water partition coefficient (Wildman–Crippen LogP) is 4.66. The second-order valence-electron chi connectivity index (χ2n) is 9.32. The summed E-state index contributed by atoms with van der Waals surface area (Å²) >= 11 is 6.69. The van der Waals surface area contributed by atoms with E-state index in [9.17, 15) is 23.1 Å². The fourth-order valence-electron chi connectivity index (χ4n) is 4.01. The monoisotopic (exact) mass is 592 g/mol. The molecule has 218 valence electrons. The lowest BCUT2D eigenvalue weighted by molar-refractivity contribution is -0.245. The highest BCUT2D eigenvalue weighted by Gasteiger charge is 2.55. The number of fused-ring (bicyclic) bond motifs is 1. The van der Waals surface area contributed by atoms with Crippen LogP contribution in [-0.2, 0) is 11.8 Å². The summed E-state index contributed by atoms with van der Waals surface area (Å²) in [5.74, 6) is -0.734. The number of amides is 1. The molecule has 2 heterocycles. The van der Waals surface area contributed by atoms with Gasteiger partial charge in [0, 0.05) is 49.7 Å². The number of hydrogen-bond donors (Lipinski definition) is 2. The van der Waals surface area contributed by atoms with Gasteiger partial charge in [-0.25, -0.2) is 4.98 Å². The number of aromatic nitrogens is 4. The van der Waals surface area contributed by atoms with Gasteiger partial charge < -0.3 is 24.8 Å². The molecular formula is C27H28ClF3N6O4. The number of carbonyl (C=O) groups is 1. The molecule has 2 aromatic carbocycles. The van der Waals surface area contributed by atoms with E-state index in [4.69, 9.17) is 26.1 Å². The van der Waals surface area contributed by atoms with Gasteiger partial charge in [0.15, 0.2) is 0 Å². The van der Waals surface area contributed by atoms with Crippen LogP contribution in [0.5, 0.6) is 11.5 Å². The molecule has 1 amide bonds. The van der Waals surface area contributed by atoms with E-state index in [0.29, 0.717) is 46.5 Å². The van der Waals surface area contributed by atoms with Gasteiger partial charge in [-0.2, -0.15) is 18.3 Å². The number of anilines is 2. The van der Waals surface area contributed by atoms with Gasteiger partial charge in [-0.3, -0.25) is 14.5 Å². The topological polar surface area (TPSA) is 115 Å². The first kappa shape index (κ1) is 29.9. The lowest BCUT2D eigenvalue weighted by Gasteiger charge is -2.28. The van der Waals surface area contributed by atoms with E-state index >= 15 is 0 Å². The van der Waals surface area contributed by atoms with Crippen LogP contribution < -0.4 is 19.7 Å². The van der Waals surface area contributed by atoms with Gasteiger partial charge in [-0.05, 0) is 31.5 Å².